The van der Waals surface area contributed by atoms with Gasteiger partial charge in [-0.2, -0.15) is 4.98 Å². The number of ether oxygens (including phenoxy) is 1. The first-order chi connectivity index (χ1) is 18.9. The number of anilines is 1. The molecule has 1 aromatic heterocycles. The monoisotopic (exact) mass is 558 g/mol. The highest BCUT2D eigenvalue weighted by atomic mass is 32.2. The summed E-state index contributed by atoms with van der Waals surface area (Å²) in [7, 11) is -4.06. The molecule has 5 rings (SSSR count). The number of aromatic nitrogens is 2. The van der Waals surface area contributed by atoms with E-state index in [1.165, 1.54) is 12.1 Å². The Hall–Kier alpha value is -3.79. The molecule has 0 saturated carbocycles. The van der Waals surface area contributed by atoms with Crippen LogP contribution in [0.15, 0.2) is 77.7 Å². The zero-order chi connectivity index (χ0) is 28.7. The van der Waals surface area contributed by atoms with Crippen LogP contribution in [0.5, 0.6) is 5.88 Å². The molecular formula is C31H34N4O4S. The Morgan fingerprint density at radius 1 is 0.900 bits per heavy atom. The molecule has 4 aromatic rings. The maximum atomic E-state index is 13.3. The molecule has 1 unspecified atom stereocenters. The number of aliphatic hydroxyl groups is 1. The number of benzene rings is 3. The van der Waals surface area contributed by atoms with Gasteiger partial charge in [0, 0.05) is 18.2 Å². The maximum absolute atomic E-state index is 13.3. The zero-order valence-electron chi connectivity index (χ0n) is 23.3. The van der Waals surface area contributed by atoms with Gasteiger partial charge in [-0.25, -0.2) is 18.1 Å². The first-order valence-electron chi connectivity index (χ1n) is 13.2. The molecule has 1 aliphatic rings. The van der Waals surface area contributed by atoms with Crippen LogP contribution in [-0.2, 0) is 15.4 Å². The molecule has 40 heavy (non-hydrogen) atoms. The Kier molecular flexibility index (Phi) is 7.39. The minimum Gasteiger partial charge on any atom is -0.468 e. The lowest BCUT2D eigenvalue weighted by molar-refractivity contribution is 0.109. The average Bonchev–Trinajstić information content (AvgIpc) is 2.90. The first kappa shape index (κ1) is 27.8. The van der Waals surface area contributed by atoms with Crippen molar-refractivity contribution in [3.8, 4) is 17.1 Å². The quantitative estimate of drug-likeness (QED) is 0.295. The number of sulfonamides is 1. The molecule has 3 aromatic carbocycles. The van der Waals surface area contributed by atoms with E-state index in [0.717, 1.165) is 27.8 Å². The molecule has 2 heterocycles. The normalized spacial score (nSPS) is 18.9. The van der Waals surface area contributed by atoms with Gasteiger partial charge in [0.2, 0.25) is 11.8 Å². The summed E-state index contributed by atoms with van der Waals surface area (Å²) in [4.78, 5) is 9.05. The van der Waals surface area contributed by atoms with Crippen molar-refractivity contribution in [1.29, 1.82) is 0 Å². The molecular weight excluding hydrogens is 524 g/mol. The standard InChI is InChI=1S/C31H34N4O4S/c1-19-9-6-10-20(2)28(19)25-17-27-34-30(33-25)35-40(37,38)24-14-8-12-22(16-24)29(36)32-18-26(39-27)21-11-7-13-23(15-21)31(3,4)5/h6-17,26,29,32,36H,18H2,1-5H3,(H,33,34,35)/t26-,29?/m0/s1. The van der Waals surface area contributed by atoms with Gasteiger partial charge in [-0.1, -0.05) is 75.4 Å². The topological polar surface area (TPSA) is 113 Å². The molecule has 8 nitrogen and oxygen atoms in total. The molecule has 208 valence electrons. The third-order valence-electron chi connectivity index (χ3n) is 7.03. The fourth-order valence-electron chi connectivity index (χ4n) is 4.82. The van der Waals surface area contributed by atoms with E-state index in [1.807, 2.05) is 44.2 Å². The summed E-state index contributed by atoms with van der Waals surface area (Å²) in [5, 5.41) is 14.0. The molecule has 1 aliphatic heterocycles. The van der Waals surface area contributed by atoms with Gasteiger partial charge in [0.1, 0.15) is 12.3 Å². The minimum absolute atomic E-state index is 0.0110. The van der Waals surface area contributed by atoms with Crippen molar-refractivity contribution in [1.82, 2.24) is 15.3 Å². The van der Waals surface area contributed by atoms with Crippen molar-refractivity contribution in [3.63, 3.8) is 0 Å². The molecule has 4 bridgehead atoms. The molecule has 0 spiro atoms. The number of rotatable bonds is 2. The number of nitrogens with zero attached hydrogens (tertiary/aromatic N) is 2. The molecule has 9 heteroatoms. The van der Waals surface area contributed by atoms with Crippen LogP contribution in [0.4, 0.5) is 5.95 Å². The number of nitrogens with one attached hydrogen (secondary N) is 2. The number of aryl methyl sites for hydroxylation is 2. The van der Waals surface area contributed by atoms with E-state index in [0.29, 0.717) is 11.3 Å². The largest absolute Gasteiger partial charge is 0.468 e. The van der Waals surface area contributed by atoms with Crippen LogP contribution in [0.25, 0.3) is 11.3 Å². The number of aliphatic hydroxyl groups excluding tert-OH is 1. The van der Waals surface area contributed by atoms with Crippen molar-refractivity contribution in [2.24, 2.45) is 0 Å². The summed E-state index contributed by atoms with van der Waals surface area (Å²) in [5.41, 5.74) is 5.75. The zero-order valence-corrected chi connectivity index (χ0v) is 24.1. The Labute approximate surface area is 235 Å². The van der Waals surface area contributed by atoms with Crippen molar-refractivity contribution < 1.29 is 18.3 Å². The summed E-state index contributed by atoms with van der Waals surface area (Å²) >= 11 is 0. The number of hydrogen-bond donors (Lipinski definition) is 3. The van der Waals surface area contributed by atoms with E-state index in [1.54, 1.807) is 18.2 Å². The summed E-state index contributed by atoms with van der Waals surface area (Å²) in [6.45, 7) is 10.6. The second-order valence-corrected chi connectivity index (χ2v) is 12.8. The predicted molar refractivity (Wildman–Crippen MR) is 156 cm³/mol. The molecule has 0 fully saturated rings. The highest BCUT2D eigenvalue weighted by molar-refractivity contribution is 7.92. The van der Waals surface area contributed by atoms with Gasteiger partial charge in [0.15, 0.2) is 0 Å². The summed E-state index contributed by atoms with van der Waals surface area (Å²) in [6, 6.07) is 21.9. The highest BCUT2D eigenvalue weighted by Crippen LogP contribution is 2.33. The van der Waals surface area contributed by atoms with Crippen LogP contribution in [0, 0.1) is 13.8 Å². The second kappa shape index (κ2) is 10.6. The van der Waals surface area contributed by atoms with Crippen LogP contribution >= 0.6 is 0 Å². The SMILES string of the molecule is Cc1cccc(C)c1-c1cc2nc(n1)NS(=O)(=O)c1cccc(c1)C(O)NC[C@@H](c1cccc(C(C)(C)C)c1)O2. The van der Waals surface area contributed by atoms with E-state index in [9.17, 15) is 13.5 Å². The lowest BCUT2D eigenvalue weighted by Crippen LogP contribution is -2.29. The minimum atomic E-state index is -4.06. The summed E-state index contributed by atoms with van der Waals surface area (Å²) in [5.74, 6) is 0.106. The van der Waals surface area contributed by atoms with Gasteiger partial charge >= 0.3 is 0 Å². The Bertz CT molecular complexity index is 1640. The Morgan fingerprint density at radius 3 is 2.30 bits per heavy atom. The van der Waals surface area contributed by atoms with Crippen molar-refractivity contribution in [2.75, 3.05) is 11.3 Å². The van der Waals surface area contributed by atoms with Gasteiger partial charge in [0.05, 0.1) is 10.6 Å². The molecule has 0 saturated heterocycles. The lowest BCUT2D eigenvalue weighted by Gasteiger charge is -2.25. The first-order valence-corrected chi connectivity index (χ1v) is 14.7. The predicted octanol–water partition coefficient (Wildman–Crippen LogP) is 5.57. The lowest BCUT2D eigenvalue weighted by atomic mass is 9.85. The van der Waals surface area contributed by atoms with Crippen molar-refractivity contribution in [3.05, 3.63) is 101 Å². The van der Waals surface area contributed by atoms with Crippen molar-refractivity contribution >= 4 is 16.0 Å². The van der Waals surface area contributed by atoms with Gasteiger partial charge in [-0.3, -0.25) is 5.32 Å². The molecule has 3 N–H and O–H groups in total. The van der Waals surface area contributed by atoms with Crippen LogP contribution in [0.3, 0.4) is 0 Å². The fraction of sp³-hybridized carbons (Fsp3) is 0.290. The third kappa shape index (κ3) is 5.86. The van der Waals surface area contributed by atoms with Crippen molar-refractivity contribution in [2.45, 2.75) is 57.3 Å². The third-order valence-corrected chi connectivity index (χ3v) is 8.36. The molecule has 0 radical (unpaired) electrons. The summed E-state index contributed by atoms with van der Waals surface area (Å²) in [6.07, 6.45) is -1.67. The van der Waals surface area contributed by atoms with Crippen LogP contribution in [-0.4, -0.2) is 30.0 Å². The molecule has 0 aliphatic carbocycles. The van der Waals surface area contributed by atoms with Gasteiger partial charge < -0.3 is 9.84 Å². The maximum Gasteiger partial charge on any atom is 0.264 e. The fourth-order valence-corrected chi connectivity index (χ4v) is 5.82. The van der Waals surface area contributed by atoms with E-state index >= 15 is 0 Å². The average molecular weight is 559 g/mol. The van der Waals surface area contributed by atoms with Crippen LogP contribution in [0.1, 0.15) is 60.9 Å². The van der Waals surface area contributed by atoms with E-state index in [2.05, 4.69) is 52.9 Å². The highest BCUT2D eigenvalue weighted by Gasteiger charge is 2.25. The smallest absolute Gasteiger partial charge is 0.264 e. The number of fused-ring (bicyclic) bond motifs is 4. The molecule has 0 amide bonds. The number of hydrogen-bond acceptors (Lipinski definition) is 7. The van der Waals surface area contributed by atoms with Crippen LogP contribution in [0.2, 0.25) is 0 Å². The Balaban J connectivity index is 1.68. The van der Waals surface area contributed by atoms with Gasteiger partial charge in [-0.15, -0.1) is 0 Å². The molecule has 2 atom stereocenters. The van der Waals surface area contributed by atoms with E-state index in [4.69, 9.17) is 4.74 Å². The van der Waals surface area contributed by atoms with Gasteiger partial charge in [0.25, 0.3) is 10.0 Å². The van der Waals surface area contributed by atoms with E-state index in [-0.39, 0.29) is 28.7 Å². The Morgan fingerprint density at radius 2 is 1.57 bits per heavy atom. The van der Waals surface area contributed by atoms with Gasteiger partial charge in [-0.05, 0) is 59.2 Å². The second-order valence-electron chi connectivity index (χ2n) is 11.2. The van der Waals surface area contributed by atoms with E-state index < -0.39 is 22.4 Å². The summed E-state index contributed by atoms with van der Waals surface area (Å²) < 4.78 is 35.7. The van der Waals surface area contributed by atoms with Crippen LogP contribution < -0.4 is 14.8 Å².